The van der Waals surface area contributed by atoms with Gasteiger partial charge in [-0.05, 0) is 110 Å². The van der Waals surface area contributed by atoms with Crippen LogP contribution < -0.4 is 0 Å². The Bertz CT molecular complexity index is 2920. The van der Waals surface area contributed by atoms with Crippen molar-refractivity contribution in [3.05, 3.63) is 163 Å². The van der Waals surface area contributed by atoms with Gasteiger partial charge in [0, 0.05) is 21.7 Å². The zero-order valence-electron chi connectivity index (χ0n) is 27.8. The Morgan fingerprint density at radius 1 is 0.420 bits per heavy atom. The van der Waals surface area contributed by atoms with E-state index < -0.39 is 0 Å². The minimum Gasteiger partial charge on any atom is -0.461 e. The molecule has 0 unspecified atom stereocenters. The van der Waals surface area contributed by atoms with Crippen LogP contribution in [-0.2, 0) is 0 Å². The van der Waals surface area contributed by atoms with E-state index in [9.17, 15) is 0 Å². The highest BCUT2D eigenvalue weighted by Gasteiger charge is 2.19. The molecule has 0 atom stereocenters. The molecule has 0 amide bonds. The van der Waals surface area contributed by atoms with Crippen LogP contribution in [0.3, 0.4) is 0 Å². The lowest BCUT2D eigenvalue weighted by atomic mass is 9.85. The molecule has 0 saturated heterocycles. The molecule has 2 heteroatoms. The van der Waals surface area contributed by atoms with Crippen LogP contribution in [0, 0.1) is 6.92 Å². The standard InChI is InChI=1S/C48H32O2/c1-3-11-35-29(2)49-45-28-41-33(26-42(35)45)23-25-43-48(41)40-24-22-34(27-44(40)50-43)47-38-16-9-7-14-36(38)46(37-15-8-10-17-39(37)47)32-20-18-31(19-21-32)30-12-5-4-6-13-30/h3-28H,1-2H3/b11-3-. The van der Waals surface area contributed by atoms with Crippen molar-refractivity contribution in [1.82, 2.24) is 0 Å². The first kappa shape index (κ1) is 28.6. The molecule has 2 nitrogen and oxygen atoms in total. The second-order valence-corrected chi connectivity index (χ2v) is 13.2. The summed E-state index contributed by atoms with van der Waals surface area (Å²) in [5, 5.41) is 10.6. The van der Waals surface area contributed by atoms with Crippen molar-refractivity contribution in [3.8, 4) is 33.4 Å². The molecule has 0 aliphatic rings. The quantitative estimate of drug-likeness (QED) is 0.179. The molecule has 236 valence electrons. The lowest BCUT2D eigenvalue weighted by Gasteiger charge is -2.18. The number of aryl methyl sites for hydroxylation is 1. The van der Waals surface area contributed by atoms with E-state index in [4.69, 9.17) is 8.83 Å². The lowest BCUT2D eigenvalue weighted by molar-refractivity contribution is 0.578. The van der Waals surface area contributed by atoms with Crippen LogP contribution in [0.15, 0.2) is 161 Å². The number of fused-ring (bicyclic) bond motifs is 8. The minimum atomic E-state index is 0.879. The fourth-order valence-corrected chi connectivity index (χ4v) is 8.07. The summed E-state index contributed by atoms with van der Waals surface area (Å²) in [5.41, 5.74) is 11.1. The summed E-state index contributed by atoms with van der Waals surface area (Å²) in [6, 6.07) is 52.6. The average Bonchev–Trinajstić information content (AvgIpc) is 3.69. The van der Waals surface area contributed by atoms with Crippen molar-refractivity contribution in [2.45, 2.75) is 13.8 Å². The minimum absolute atomic E-state index is 0.879. The van der Waals surface area contributed by atoms with Crippen LogP contribution in [-0.4, -0.2) is 0 Å². The second kappa shape index (κ2) is 11.1. The number of benzene rings is 8. The summed E-state index contributed by atoms with van der Waals surface area (Å²) in [4.78, 5) is 0. The number of hydrogen-bond donors (Lipinski definition) is 0. The summed E-state index contributed by atoms with van der Waals surface area (Å²) in [6.07, 6.45) is 4.19. The van der Waals surface area contributed by atoms with Gasteiger partial charge in [0.15, 0.2) is 0 Å². The molecule has 2 aromatic heterocycles. The largest absolute Gasteiger partial charge is 0.461 e. The molecule has 0 saturated carbocycles. The lowest BCUT2D eigenvalue weighted by Crippen LogP contribution is -1.91. The summed E-state index contributed by atoms with van der Waals surface area (Å²) >= 11 is 0. The smallest absolute Gasteiger partial charge is 0.136 e. The average molecular weight is 641 g/mol. The van der Waals surface area contributed by atoms with Gasteiger partial charge in [-0.2, -0.15) is 0 Å². The van der Waals surface area contributed by atoms with Gasteiger partial charge in [-0.25, -0.2) is 0 Å². The first-order valence-electron chi connectivity index (χ1n) is 17.2. The third-order valence-corrected chi connectivity index (χ3v) is 10.3. The van der Waals surface area contributed by atoms with Gasteiger partial charge in [-0.3, -0.25) is 0 Å². The highest BCUT2D eigenvalue weighted by Crippen LogP contribution is 2.46. The van der Waals surface area contributed by atoms with Crippen LogP contribution in [0.1, 0.15) is 18.2 Å². The van der Waals surface area contributed by atoms with Crippen LogP contribution in [0.2, 0.25) is 0 Å². The van der Waals surface area contributed by atoms with E-state index in [-0.39, 0.29) is 0 Å². The normalized spacial score (nSPS) is 12.1. The number of hydrogen-bond acceptors (Lipinski definition) is 2. The van der Waals surface area contributed by atoms with Crippen molar-refractivity contribution < 1.29 is 8.83 Å². The van der Waals surface area contributed by atoms with E-state index in [1.165, 1.54) is 54.7 Å². The number of allylic oxidation sites excluding steroid dienone is 1. The molecule has 0 spiro atoms. The molecule has 0 radical (unpaired) electrons. The van der Waals surface area contributed by atoms with Gasteiger partial charge in [0.05, 0.1) is 0 Å². The van der Waals surface area contributed by atoms with E-state index in [1.54, 1.807) is 0 Å². The van der Waals surface area contributed by atoms with Gasteiger partial charge in [0.25, 0.3) is 0 Å². The number of rotatable bonds is 4. The maximum Gasteiger partial charge on any atom is 0.136 e. The zero-order chi connectivity index (χ0) is 33.3. The molecule has 0 aliphatic carbocycles. The monoisotopic (exact) mass is 640 g/mol. The molecule has 0 N–H and O–H groups in total. The second-order valence-electron chi connectivity index (χ2n) is 13.2. The van der Waals surface area contributed by atoms with Gasteiger partial charge in [-0.1, -0.05) is 127 Å². The van der Waals surface area contributed by atoms with Crippen LogP contribution >= 0.6 is 0 Å². The molecular weight excluding hydrogens is 609 g/mol. The fraction of sp³-hybridized carbons (Fsp3) is 0.0417. The van der Waals surface area contributed by atoms with Gasteiger partial charge in [0.1, 0.15) is 22.5 Å². The first-order chi connectivity index (χ1) is 24.7. The van der Waals surface area contributed by atoms with Crippen molar-refractivity contribution in [2.24, 2.45) is 0 Å². The Hall–Kier alpha value is -6.38. The fourth-order valence-electron chi connectivity index (χ4n) is 8.07. The Kier molecular flexibility index (Phi) is 6.34. The molecule has 0 aliphatic heterocycles. The summed E-state index contributed by atoms with van der Waals surface area (Å²) in [7, 11) is 0. The molecular formula is C48H32O2. The predicted molar refractivity (Wildman–Crippen MR) is 212 cm³/mol. The first-order valence-corrected chi connectivity index (χ1v) is 17.2. The SMILES string of the molecule is C/C=C\c1c(C)oc2cc3c(ccc4oc5cc(-c6c7ccccc7c(-c7ccc(-c8ccccc8)cc7)c7ccccc67)ccc5c43)cc12. The van der Waals surface area contributed by atoms with Crippen LogP contribution in [0.25, 0.3) is 105 Å². The van der Waals surface area contributed by atoms with Gasteiger partial charge in [0.2, 0.25) is 0 Å². The van der Waals surface area contributed by atoms with Gasteiger partial charge in [-0.15, -0.1) is 0 Å². The Labute approximate surface area is 289 Å². The molecule has 8 aromatic carbocycles. The summed E-state index contributed by atoms with van der Waals surface area (Å²) in [6.45, 7) is 4.07. The Morgan fingerprint density at radius 2 is 1.00 bits per heavy atom. The number of furan rings is 2. The predicted octanol–water partition coefficient (Wildman–Crippen LogP) is 14.1. The Morgan fingerprint density at radius 3 is 1.68 bits per heavy atom. The van der Waals surface area contributed by atoms with Crippen molar-refractivity contribution in [1.29, 1.82) is 0 Å². The topological polar surface area (TPSA) is 26.3 Å². The molecule has 2 heterocycles. The van der Waals surface area contributed by atoms with E-state index >= 15 is 0 Å². The molecule has 10 rings (SSSR count). The van der Waals surface area contributed by atoms with Crippen molar-refractivity contribution in [3.63, 3.8) is 0 Å². The van der Waals surface area contributed by atoms with E-state index in [2.05, 4.69) is 158 Å². The zero-order valence-corrected chi connectivity index (χ0v) is 27.8. The van der Waals surface area contributed by atoms with Crippen molar-refractivity contribution in [2.75, 3.05) is 0 Å². The van der Waals surface area contributed by atoms with E-state index in [0.29, 0.717) is 0 Å². The highest BCUT2D eigenvalue weighted by atomic mass is 16.3. The molecule has 50 heavy (non-hydrogen) atoms. The Balaban J connectivity index is 1.18. The van der Waals surface area contributed by atoms with Gasteiger partial charge >= 0.3 is 0 Å². The summed E-state index contributed by atoms with van der Waals surface area (Å²) < 4.78 is 12.9. The molecule has 0 bridgehead atoms. The van der Waals surface area contributed by atoms with E-state index in [0.717, 1.165) is 55.2 Å². The van der Waals surface area contributed by atoms with E-state index in [1.807, 2.05) is 13.8 Å². The van der Waals surface area contributed by atoms with Crippen LogP contribution in [0.5, 0.6) is 0 Å². The van der Waals surface area contributed by atoms with Crippen LogP contribution in [0.4, 0.5) is 0 Å². The van der Waals surface area contributed by atoms with Gasteiger partial charge < -0.3 is 8.83 Å². The summed E-state index contributed by atoms with van der Waals surface area (Å²) in [5.74, 6) is 0.931. The molecule has 10 aromatic rings. The maximum absolute atomic E-state index is 6.63. The van der Waals surface area contributed by atoms with Crippen molar-refractivity contribution >= 4 is 71.3 Å². The molecule has 0 fully saturated rings. The maximum atomic E-state index is 6.63. The third-order valence-electron chi connectivity index (χ3n) is 10.3. The highest BCUT2D eigenvalue weighted by molar-refractivity contribution is 6.24. The third kappa shape index (κ3) is 4.28.